The number of oxazole rings is 1. The zero-order valence-electron chi connectivity index (χ0n) is 15.4. The number of aromatic nitrogens is 3. The maximum absolute atomic E-state index is 12.7. The highest BCUT2D eigenvalue weighted by Crippen LogP contribution is 2.28. The molecule has 0 atom stereocenters. The van der Waals surface area contributed by atoms with E-state index in [0.29, 0.717) is 36.0 Å². The molecule has 142 valence electrons. The first-order chi connectivity index (χ1) is 13.0. The number of piperidine rings is 1. The zero-order chi connectivity index (χ0) is 19.0. The van der Waals surface area contributed by atoms with Gasteiger partial charge in [-0.2, -0.15) is 0 Å². The second kappa shape index (κ2) is 7.02. The van der Waals surface area contributed by atoms with Crippen molar-refractivity contribution >= 4 is 17.0 Å². The molecule has 0 N–H and O–H groups in total. The van der Waals surface area contributed by atoms with Gasteiger partial charge in [0.2, 0.25) is 17.7 Å². The zero-order valence-corrected chi connectivity index (χ0v) is 15.4. The van der Waals surface area contributed by atoms with Crippen molar-refractivity contribution in [3.05, 3.63) is 46.6 Å². The number of carbonyl (C=O) groups excluding carboxylic acids is 1. The molecule has 1 aromatic carbocycles. The van der Waals surface area contributed by atoms with Crippen LogP contribution in [0.5, 0.6) is 0 Å². The number of para-hydroxylation sites is 2. The summed E-state index contributed by atoms with van der Waals surface area (Å²) < 4.78 is 12.3. The molecule has 8 nitrogen and oxygen atoms in total. The molecular formula is C19H22N4O4. The van der Waals surface area contributed by atoms with E-state index >= 15 is 0 Å². The molecule has 1 saturated heterocycles. The summed E-state index contributed by atoms with van der Waals surface area (Å²) in [5.74, 6) is 1.09. The molecule has 0 radical (unpaired) electrons. The van der Waals surface area contributed by atoms with Crippen LogP contribution in [0.3, 0.4) is 0 Å². The topological polar surface area (TPSA) is 94.4 Å². The van der Waals surface area contributed by atoms with Gasteiger partial charge in [0.1, 0.15) is 6.54 Å². The number of nitrogens with zero attached hydrogens (tertiary/aromatic N) is 4. The lowest BCUT2D eigenvalue weighted by atomic mass is 9.97. The molecule has 1 amide bonds. The molecule has 27 heavy (non-hydrogen) atoms. The largest absolute Gasteiger partial charge is 0.425 e. The van der Waals surface area contributed by atoms with E-state index in [-0.39, 0.29) is 24.3 Å². The van der Waals surface area contributed by atoms with Gasteiger partial charge in [0.25, 0.3) is 0 Å². The van der Waals surface area contributed by atoms with E-state index in [4.69, 9.17) is 8.83 Å². The molecule has 3 aromatic rings. The van der Waals surface area contributed by atoms with E-state index in [0.717, 1.165) is 12.8 Å². The Morgan fingerprint density at radius 2 is 1.93 bits per heavy atom. The summed E-state index contributed by atoms with van der Waals surface area (Å²) in [7, 11) is 0. The standard InChI is InChI=1S/C19H22N4O4/c1-12(2)17-20-21-18(27-17)13-7-9-22(10-8-13)16(24)11-23-14-5-3-4-6-15(14)26-19(23)25/h3-6,12-13H,7-11H2,1-2H3. The summed E-state index contributed by atoms with van der Waals surface area (Å²) in [4.78, 5) is 26.5. The monoisotopic (exact) mass is 370 g/mol. The maximum Gasteiger partial charge on any atom is 0.420 e. The molecule has 0 unspecified atom stereocenters. The van der Waals surface area contributed by atoms with E-state index in [1.165, 1.54) is 4.57 Å². The van der Waals surface area contributed by atoms with Gasteiger partial charge in [-0.05, 0) is 25.0 Å². The average molecular weight is 370 g/mol. The minimum Gasteiger partial charge on any atom is -0.425 e. The molecule has 0 aliphatic carbocycles. The lowest BCUT2D eigenvalue weighted by molar-refractivity contribution is -0.133. The van der Waals surface area contributed by atoms with E-state index in [9.17, 15) is 9.59 Å². The molecule has 0 bridgehead atoms. The summed E-state index contributed by atoms with van der Waals surface area (Å²) in [5, 5.41) is 8.25. The summed E-state index contributed by atoms with van der Waals surface area (Å²) in [6.07, 6.45) is 1.54. The van der Waals surface area contributed by atoms with Crippen LogP contribution in [0.4, 0.5) is 0 Å². The van der Waals surface area contributed by atoms with Crippen LogP contribution in [0.1, 0.15) is 50.3 Å². The first-order valence-corrected chi connectivity index (χ1v) is 9.22. The summed E-state index contributed by atoms with van der Waals surface area (Å²) in [6.45, 7) is 5.22. The Balaban J connectivity index is 1.41. The highest BCUT2D eigenvalue weighted by Gasteiger charge is 2.28. The summed E-state index contributed by atoms with van der Waals surface area (Å²) >= 11 is 0. The Hall–Kier alpha value is -2.90. The molecule has 2 aromatic heterocycles. The second-order valence-corrected chi connectivity index (χ2v) is 7.21. The van der Waals surface area contributed by atoms with Crippen molar-refractivity contribution < 1.29 is 13.6 Å². The quantitative estimate of drug-likeness (QED) is 0.700. The van der Waals surface area contributed by atoms with Crippen molar-refractivity contribution in [3.8, 4) is 0 Å². The Kier molecular flexibility index (Phi) is 4.55. The van der Waals surface area contributed by atoms with Gasteiger partial charge >= 0.3 is 5.76 Å². The van der Waals surface area contributed by atoms with Crippen molar-refractivity contribution in [2.24, 2.45) is 0 Å². The van der Waals surface area contributed by atoms with Gasteiger partial charge in [-0.1, -0.05) is 26.0 Å². The average Bonchev–Trinajstić information content (AvgIpc) is 3.28. The molecule has 1 aliphatic heterocycles. The molecule has 0 spiro atoms. The van der Waals surface area contributed by atoms with Crippen molar-refractivity contribution in [2.45, 2.75) is 45.1 Å². The van der Waals surface area contributed by atoms with Crippen LogP contribution in [0.2, 0.25) is 0 Å². The van der Waals surface area contributed by atoms with E-state index in [2.05, 4.69) is 10.2 Å². The first-order valence-electron chi connectivity index (χ1n) is 9.22. The Labute approximate surface area is 155 Å². The number of carbonyl (C=O) groups is 1. The molecular weight excluding hydrogens is 348 g/mol. The predicted octanol–water partition coefficient (Wildman–Crippen LogP) is 2.51. The molecule has 8 heteroatoms. The number of hydrogen-bond acceptors (Lipinski definition) is 6. The van der Waals surface area contributed by atoms with Gasteiger partial charge in [-0.25, -0.2) is 4.79 Å². The fourth-order valence-corrected chi connectivity index (χ4v) is 3.42. The summed E-state index contributed by atoms with van der Waals surface area (Å²) in [6, 6.07) is 7.12. The third kappa shape index (κ3) is 3.39. The Bertz CT molecular complexity index is 1010. The fourth-order valence-electron chi connectivity index (χ4n) is 3.42. The van der Waals surface area contributed by atoms with Gasteiger partial charge in [0.05, 0.1) is 5.52 Å². The Morgan fingerprint density at radius 1 is 1.19 bits per heavy atom. The first kappa shape index (κ1) is 17.5. The molecule has 4 rings (SSSR count). The lowest BCUT2D eigenvalue weighted by Gasteiger charge is -2.30. The van der Waals surface area contributed by atoms with Crippen molar-refractivity contribution in [1.29, 1.82) is 0 Å². The van der Waals surface area contributed by atoms with Gasteiger partial charge in [-0.15, -0.1) is 10.2 Å². The minimum atomic E-state index is -0.508. The molecule has 1 fully saturated rings. The van der Waals surface area contributed by atoms with Crippen LogP contribution in [-0.4, -0.2) is 38.7 Å². The third-order valence-corrected chi connectivity index (χ3v) is 5.01. The smallest absolute Gasteiger partial charge is 0.420 e. The van der Waals surface area contributed by atoms with Gasteiger partial charge < -0.3 is 13.7 Å². The van der Waals surface area contributed by atoms with Crippen LogP contribution in [0.25, 0.3) is 11.1 Å². The van der Waals surface area contributed by atoms with Crippen molar-refractivity contribution in [3.63, 3.8) is 0 Å². The third-order valence-electron chi connectivity index (χ3n) is 5.01. The van der Waals surface area contributed by atoms with Gasteiger partial charge in [0, 0.05) is 24.9 Å². The SMILES string of the molecule is CC(C)c1nnc(C2CCN(C(=O)Cn3c(=O)oc4ccccc43)CC2)o1. The fraction of sp³-hybridized carbons (Fsp3) is 0.474. The number of hydrogen-bond donors (Lipinski definition) is 0. The van der Waals surface area contributed by atoms with Crippen LogP contribution >= 0.6 is 0 Å². The van der Waals surface area contributed by atoms with E-state index < -0.39 is 5.76 Å². The van der Waals surface area contributed by atoms with Crippen LogP contribution in [0, 0.1) is 0 Å². The molecule has 1 aliphatic rings. The van der Waals surface area contributed by atoms with Crippen LogP contribution < -0.4 is 5.76 Å². The number of benzene rings is 1. The van der Waals surface area contributed by atoms with Gasteiger partial charge in [0.15, 0.2) is 5.58 Å². The number of fused-ring (bicyclic) bond motifs is 1. The minimum absolute atomic E-state index is 0.0153. The number of amides is 1. The number of likely N-dealkylation sites (tertiary alicyclic amines) is 1. The van der Waals surface area contributed by atoms with Crippen LogP contribution in [0.15, 0.2) is 37.9 Å². The van der Waals surface area contributed by atoms with Crippen LogP contribution in [-0.2, 0) is 11.3 Å². The normalized spacial score (nSPS) is 15.7. The van der Waals surface area contributed by atoms with E-state index in [1.807, 2.05) is 19.9 Å². The van der Waals surface area contributed by atoms with E-state index in [1.54, 1.807) is 23.1 Å². The second-order valence-electron chi connectivity index (χ2n) is 7.21. The van der Waals surface area contributed by atoms with Crippen molar-refractivity contribution in [2.75, 3.05) is 13.1 Å². The molecule has 3 heterocycles. The lowest BCUT2D eigenvalue weighted by Crippen LogP contribution is -2.40. The highest BCUT2D eigenvalue weighted by atomic mass is 16.4. The Morgan fingerprint density at radius 3 is 2.63 bits per heavy atom. The van der Waals surface area contributed by atoms with Gasteiger partial charge in [-0.3, -0.25) is 9.36 Å². The highest BCUT2D eigenvalue weighted by molar-refractivity contribution is 5.79. The molecule has 0 saturated carbocycles. The predicted molar refractivity (Wildman–Crippen MR) is 97.4 cm³/mol. The maximum atomic E-state index is 12.7. The number of rotatable bonds is 4. The van der Waals surface area contributed by atoms with Crippen molar-refractivity contribution in [1.82, 2.24) is 19.7 Å². The summed E-state index contributed by atoms with van der Waals surface area (Å²) in [5.41, 5.74) is 1.13.